The molecule has 0 bridgehead atoms. The van der Waals surface area contributed by atoms with Gasteiger partial charge in [-0.2, -0.15) is 0 Å². The third-order valence-corrected chi connectivity index (χ3v) is 3.38. The minimum Gasteiger partial charge on any atom is -0.459 e. The van der Waals surface area contributed by atoms with Gasteiger partial charge in [-0.05, 0) is 19.9 Å². The van der Waals surface area contributed by atoms with Gasteiger partial charge in [0.1, 0.15) is 11.3 Å². The van der Waals surface area contributed by atoms with Crippen LogP contribution in [-0.4, -0.2) is 32.8 Å². The second-order valence-corrected chi connectivity index (χ2v) is 5.07. The molecule has 0 fully saturated rings. The molecule has 22 heavy (non-hydrogen) atoms. The van der Waals surface area contributed by atoms with Gasteiger partial charge in [-0.15, -0.1) is 24.0 Å². The van der Waals surface area contributed by atoms with Crippen LogP contribution in [0.15, 0.2) is 33.7 Å². The van der Waals surface area contributed by atoms with Gasteiger partial charge < -0.3 is 19.8 Å². The van der Waals surface area contributed by atoms with E-state index in [1.54, 1.807) is 14.2 Å². The van der Waals surface area contributed by atoms with Crippen molar-refractivity contribution in [3.8, 4) is 0 Å². The van der Waals surface area contributed by atoms with Crippen molar-refractivity contribution in [2.75, 3.05) is 20.8 Å². The average molecular weight is 417 g/mol. The Morgan fingerprint density at radius 3 is 2.73 bits per heavy atom. The van der Waals surface area contributed by atoms with Gasteiger partial charge in [0.05, 0.1) is 13.2 Å². The van der Waals surface area contributed by atoms with Crippen LogP contribution in [0.1, 0.15) is 18.2 Å². The van der Waals surface area contributed by atoms with Crippen LogP contribution in [-0.2, 0) is 11.3 Å². The highest BCUT2D eigenvalue weighted by atomic mass is 127. The molecule has 0 aliphatic carbocycles. The van der Waals surface area contributed by atoms with E-state index in [1.807, 2.05) is 25.1 Å². The van der Waals surface area contributed by atoms with Gasteiger partial charge in [-0.25, -0.2) is 0 Å². The fourth-order valence-corrected chi connectivity index (χ4v) is 2.28. The largest absolute Gasteiger partial charge is 0.459 e. The van der Waals surface area contributed by atoms with Crippen LogP contribution in [0.5, 0.6) is 0 Å². The summed E-state index contributed by atoms with van der Waals surface area (Å²) < 4.78 is 11.0. The third-order valence-electron chi connectivity index (χ3n) is 3.38. The zero-order chi connectivity index (χ0) is 15.2. The van der Waals surface area contributed by atoms with Crippen LogP contribution in [0.4, 0.5) is 0 Å². The summed E-state index contributed by atoms with van der Waals surface area (Å²) in [7, 11) is 3.44. The number of methoxy groups -OCH3 is 1. The molecule has 0 saturated carbocycles. The third kappa shape index (κ3) is 4.61. The number of rotatable bonds is 5. The van der Waals surface area contributed by atoms with E-state index in [-0.39, 0.29) is 30.0 Å². The molecular formula is C16H24IN3O2. The van der Waals surface area contributed by atoms with Crippen molar-refractivity contribution in [1.82, 2.24) is 10.6 Å². The van der Waals surface area contributed by atoms with E-state index >= 15 is 0 Å². The van der Waals surface area contributed by atoms with Crippen molar-refractivity contribution in [2.45, 2.75) is 26.4 Å². The van der Waals surface area contributed by atoms with E-state index in [0.29, 0.717) is 13.2 Å². The number of aryl methyl sites for hydroxylation is 1. The summed E-state index contributed by atoms with van der Waals surface area (Å²) in [5.74, 6) is 1.66. The normalized spacial score (nSPS) is 12.8. The Labute approximate surface area is 148 Å². The number of hydrogen-bond donors (Lipinski definition) is 2. The molecule has 0 saturated heterocycles. The Morgan fingerprint density at radius 1 is 1.36 bits per heavy atom. The first kappa shape index (κ1) is 18.8. The summed E-state index contributed by atoms with van der Waals surface area (Å²) in [6.07, 6.45) is 0. The number of halogens is 1. The number of guanidine groups is 1. The molecule has 6 heteroatoms. The summed E-state index contributed by atoms with van der Waals surface area (Å²) in [4.78, 5) is 4.21. The van der Waals surface area contributed by atoms with E-state index in [4.69, 9.17) is 9.15 Å². The van der Waals surface area contributed by atoms with Gasteiger partial charge in [0.25, 0.3) is 0 Å². The first-order valence-corrected chi connectivity index (χ1v) is 7.08. The molecule has 2 N–H and O–H groups in total. The van der Waals surface area contributed by atoms with Gasteiger partial charge in [0.15, 0.2) is 5.96 Å². The Balaban J connectivity index is 0.00000242. The molecule has 2 aromatic rings. The molecule has 1 unspecified atom stereocenters. The van der Waals surface area contributed by atoms with E-state index < -0.39 is 0 Å². The summed E-state index contributed by atoms with van der Waals surface area (Å²) in [5.41, 5.74) is 2.08. The Kier molecular flexibility index (Phi) is 7.67. The van der Waals surface area contributed by atoms with Crippen LogP contribution in [0.25, 0.3) is 11.0 Å². The highest BCUT2D eigenvalue weighted by molar-refractivity contribution is 14.0. The first-order valence-electron chi connectivity index (χ1n) is 7.08. The maximum absolute atomic E-state index is 5.88. The number of ether oxygens (including phenoxy) is 1. The van der Waals surface area contributed by atoms with Crippen LogP contribution in [0.3, 0.4) is 0 Å². The molecule has 1 aromatic heterocycles. The number of aliphatic imine (C=N–C) groups is 1. The minimum absolute atomic E-state index is 0. The SMILES string of the molecule is CN=C(NCc1oc2ccccc2c1C)NC(C)COC.I. The molecule has 1 aromatic carbocycles. The highest BCUT2D eigenvalue weighted by Gasteiger charge is 2.11. The van der Waals surface area contributed by atoms with Crippen LogP contribution < -0.4 is 10.6 Å². The summed E-state index contributed by atoms with van der Waals surface area (Å²) in [6.45, 7) is 5.35. The Hall–Kier alpha value is -1.28. The molecule has 2 rings (SSSR count). The van der Waals surface area contributed by atoms with Gasteiger partial charge in [0.2, 0.25) is 0 Å². The molecule has 122 valence electrons. The van der Waals surface area contributed by atoms with E-state index in [9.17, 15) is 0 Å². The lowest BCUT2D eigenvalue weighted by Gasteiger charge is -2.16. The fraction of sp³-hybridized carbons (Fsp3) is 0.438. The molecule has 0 aliphatic rings. The predicted octanol–water partition coefficient (Wildman–Crippen LogP) is 3.06. The molecule has 1 heterocycles. The van der Waals surface area contributed by atoms with Gasteiger partial charge in [-0.1, -0.05) is 18.2 Å². The minimum atomic E-state index is 0. The highest BCUT2D eigenvalue weighted by Crippen LogP contribution is 2.24. The van der Waals surface area contributed by atoms with Gasteiger partial charge in [-0.3, -0.25) is 4.99 Å². The van der Waals surface area contributed by atoms with E-state index in [1.165, 1.54) is 5.56 Å². The molecule has 1 atom stereocenters. The van der Waals surface area contributed by atoms with Crippen LogP contribution >= 0.6 is 24.0 Å². The topological polar surface area (TPSA) is 58.8 Å². The quantitative estimate of drug-likeness (QED) is 0.446. The van der Waals surface area contributed by atoms with Crippen molar-refractivity contribution in [3.05, 3.63) is 35.6 Å². The second kappa shape index (κ2) is 8.99. The Morgan fingerprint density at radius 2 is 2.09 bits per heavy atom. The number of benzene rings is 1. The summed E-state index contributed by atoms with van der Waals surface area (Å²) in [6, 6.07) is 8.26. The lowest BCUT2D eigenvalue weighted by molar-refractivity contribution is 0.179. The maximum Gasteiger partial charge on any atom is 0.191 e. The Bertz CT molecular complexity index is 625. The number of nitrogens with zero attached hydrogens (tertiary/aromatic N) is 1. The average Bonchev–Trinajstić information content (AvgIpc) is 2.81. The van der Waals surface area contributed by atoms with Crippen molar-refractivity contribution in [3.63, 3.8) is 0 Å². The first-order chi connectivity index (χ1) is 10.2. The molecule has 0 spiro atoms. The molecule has 0 radical (unpaired) electrons. The van der Waals surface area contributed by atoms with Gasteiger partial charge in [0, 0.05) is 31.1 Å². The van der Waals surface area contributed by atoms with Gasteiger partial charge >= 0.3 is 0 Å². The van der Waals surface area contributed by atoms with Crippen molar-refractivity contribution in [2.24, 2.45) is 4.99 Å². The van der Waals surface area contributed by atoms with Crippen molar-refractivity contribution < 1.29 is 9.15 Å². The zero-order valence-electron chi connectivity index (χ0n) is 13.5. The fourth-order valence-electron chi connectivity index (χ4n) is 2.28. The molecule has 0 aliphatic heterocycles. The zero-order valence-corrected chi connectivity index (χ0v) is 15.8. The summed E-state index contributed by atoms with van der Waals surface area (Å²) in [5, 5.41) is 7.69. The maximum atomic E-state index is 5.88. The van der Waals surface area contributed by atoms with Crippen molar-refractivity contribution >= 4 is 40.9 Å². The molecule has 0 amide bonds. The lowest BCUT2D eigenvalue weighted by Crippen LogP contribution is -2.43. The number of furan rings is 1. The van der Waals surface area contributed by atoms with E-state index in [2.05, 4.69) is 28.6 Å². The summed E-state index contributed by atoms with van der Waals surface area (Å²) >= 11 is 0. The van der Waals surface area contributed by atoms with Crippen LogP contribution in [0, 0.1) is 6.92 Å². The molecule has 5 nitrogen and oxygen atoms in total. The van der Waals surface area contributed by atoms with E-state index in [0.717, 1.165) is 22.7 Å². The van der Waals surface area contributed by atoms with Crippen LogP contribution in [0.2, 0.25) is 0 Å². The lowest BCUT2D eigenvalue weighted by atomic mass is 10.1. The number of hydrogen-bond acceptors (Lipinski definition) is 3. The van der Waals surface area contributed by atoms with Crippen molar-refractivity contribution in [1.29, 1.82) is 0 Å². The smallest absolute Gasteiger partial charge is 0.191 e. The number of nitrogens with one attached hydrogen (secondary N) is 2. The number of fused-ring (bicyclic) bond motifs is 1. The predicted molar refractivity (Wildman–Crippen MR) is 101 cm³/mol. The second-order valence-electron chi connectivity index (χ2n) is 5.07. The molecular weight excluding hydrogens is 393 g/mol. The standard InChI is InChI=1S/C16H23N3O2.HI/c1-11(10-20-4)19-16(17-3)18-9-15-12(2)13-7-5-6-8-14(13)21-15;/h5-8,11H,9-10H2,1-4H3,(H2,17,18,19);1H. The number of para-hydroxylation sites is 1. The monoisotopic (exact) mass is 417 g/mol.